The monoisotopic (exact) mass is 299 g/mol. The van der Waals surface area contributed by atoms with Gasteiger partial charge in [0.1, 0.15) is 5.76 Å². The number of hydrogen-bond donors (Lipinski definition) is 0. The molecular formula is C17H17NO2S. The first-order valence-electron chi connectivity index (χ1n) is 7.03. The van der Waals surface area contributed by atoms with Gasteiger partial charge in [-0.2, -0.15) is 0 Å². The standard InChI is InChI=1S/C17H17NO2S/c1-13-10-11-18(15-6-2-3-7-16(15)21-13)17(19)9-8-14-5-4-12-20-14/h2-9,12-13H,10-11H2,1H3/b9-8+. The number of thioether (sulfide) groups is 1. The van der Waals surface area contributed by atoms with Crippen molar-refractivity contribution in [3.63, 3.8) is 0 Å². The molecule has 1 aromatic carbocycles. The molecule has 0 saturated carbocycles. The molecule has 1 amide bonds. The topological polar surface area (TPSA) is 33.5 Å². The lowest BCUT2D eigenvalue weighted by atomic mass is 10.2. The Kier molecular flexibility index (Phi) is 4.15. The van der Waals surface area contributed by atoms with Crippen molar-refractivity contribution in [1.82, 2.24) is 0 Å². The van der Waals surface area contributed by atoms with E-state index in [4.69, 9.17) is 4.42 Å². The Balaban J connectivity index is 1.85. The third-order valence-electron chi connectivity index (χ3n) is 3.44. The molecule has 0 radical (unpaired) electrons. The number of carbonyl (C=O) groups is 1. The van der Waals surface area contributed by atoms with Gasteiger partial charge in [-0.15, -0.1) is 11.8 Å². The average molecular weight is 299 g/mol. The Morgan fingerprint density at radius 3 is 3.00 bits per heavy atom. The van der Waals surface area contributed by atoms with E-state index < -0.39 is 0 Å². The summed E-state index contributed by atoms with van der Waals surface area (Å²) in [6.45, 7) is 2.95. The summed E-state index contributed by atoms with van der Waals surface area (Å²) in [7, 11) is 0. The van der Waals surface area contributed by atoms with Crippen LogP contribution in [0.3, 0.4) is 0 Å². The lowest BCUT2D eigenvalue weighted by molar-refractivity contribution is -0.114. The predicted molar refractivity (Wildman–Crippen MR) is 86.5 cm³/mol. The van der Waals surface area contributed by atoms with E-state index in [0.29, 0.717) is 11.0 Å². The summed E-state index contributed by atoms with van der Waals surface area (Å²) in [5, 5.41) is 0.512. The number of anilines is 1. The molecule has 3 rings (SSSR count). The molecule has 1 aromatic heterocycles. The number of fused-ring (bicyclic) bond motifs is 1. The first kappa shape index (κ1) is 14.0. The van der Waals surface area contributed by atoms with Crippen molar-refractivity contribution in [2.45, 2.75) is 23.5 Å². The molecule has 3 nitrogen and oxygen atoms in total. The van der Waals surface area contributed by atoms with Crippen molar-refractivity contribution in [1.29, 1.82) is 0 Å². The lowest BCUT2D eigenvalue weighted by Crippen LogP contribution is -2.30. The zero-order chi connectivity index (χ0) is 14.7. The van der Waals surface area contributed by atoms with E-state index in [1.165, 1.54) is 4.90 Å². The van der Waals surface area contributed by atoms with Crippen LogP contribution in [0, 0.1) is 0 Å². The van der Waals surface area contributed by atoms with Crippen molar-refractivity contribution < 1.29 is 9.21 Å². The van der Waals surface area contributed by atoms with Crippen LogP contribution < -0.4 is 4.90 Å². The third kappa shape index (κ3) is 3.22. The van der Waals surface area contributed by atoms with E-state index in [-0.39, 0.29) is 5.91 Å². The van der Waals surface area contributed by atoms with Crippen molar-refractivity contribution in [2.75, 3.05) is 11.4 Å². The smallest absolute Gasteiger partial charge is 0.251 e. The molecule has 0 N–H and O–H groups in total. The number of amides is 1. The SMILES string of the molecule is CC1CCN(C(=O)/C=C/c2ccco2)c2ccccc2S1. The van der Waals surface area contributed by atoms with Crippen LogP contribution in [0.1, 0.15) is 19.1 Å². The van der Waals surface area contributed by atoms with Crippen LogP contribution >= 0.6 is 11.8 Å². The van der Waals surface area contributed by atoms with Crippen LogP contribution in [0.15, 0.2) is 58.1 Å². The van der Waals surface area contributed by atoms with Gasteiger partial charge < -0.3 is 9.32 Å². The maximum Gasteiger partial charge on any atom is 0.251 e. The highest BCUT2D eigenvalue weighted by atomic mass is 32.2. The molecule has 1 aliphatic heterocycles. The highest BCUT2D eigenvalue weighted by Gasteiger charge is 2.22. The van der Waals surface area contributed by atoms with Gasteiger partial charge in [-0.3, -0.25) is 4.79 Å². The average Bonchev–Trinajstić information content (AvgIpc) is 2.94. The Bertz CT molecular complexity index is 649. The highest BCUT2D eigenvalue weighted by Crippen LogP contribution is 2.37. The van der Waals surface area contributed by atoms with Crippen LogP contribution in [0.5, 0.6) is 0 Å². The molecule has 4 heteroatoms. The van der Waals surface area contributed by atoms with Crippen molar-refractivity contribution >= 4 is 29.4 Å². The minimum Gasteiger partial charge on any atom is -0.465 e. The summed E-state index contributed by atoms with van der Waals surface area (Å²) in [5.41, 5.74) is 1.00. The second-order valence-corrected chi connectivity index (χ2v) is 6.50. The fraction of sp³-hybridized carbons (Fsp3) is 0.235. The normalized spacial score (nSPS) is 18.5. The molecule has 2 aromatic rings. The number of furan rings is 1. The molecule has 0 spiro atoms. The zero-order valence-electron chi connectivity index (χ0n) is 11.9. The summed E-state index contributed by atoms with van der Waals surface area (Å²) in [6, 6.07) is 11.7. The summed E-state index contributed by atoms with van der Waals surface area (Å²) in [6.07, 6.45) is 5.88. The number of hydrogen-bond acceptors (Lipinski definition) is 3. The Morgan fingerprint density at radius 1 is 1.33 bits per heavy atom. The minimum absolute atomic E-state index is 0.00597. The Hall–Kier alpha value is -1.94. The number of benzene rings is 1. The first-order valence-corrected chi connectivity index (χ1v) is 7.91. The van der Waals surface area contributed by atoms with Crippen LogP contribution in [-0.2, 0) is 4.79 Å². The van der Waals surface area contributed by atoms with Crippen LogP contribution in [0.2, 0.25) is 0 Å². The lowest BCUT2D eigenvalue weighted by Gasteiger charge is -2.20. The van der Waals surface area contributed by atoms with Crippen molar-refractivity contribution in [3.8, 4) is 0 Å². The van der Waals surface area contributed by atoms with Crippen LogP contribution in [-0.4, -0.2) is 17.7 Å². The van der Waals surface area contributed by atoms with Gasteiger partial charge in [0.15, 0.2) is 0 Å². The molecular weight excluding hydrogens is 282 g/mol. The van der Waals surface area contributed by atoms with Gasteiger partial charge in [-0.25, -0.2) is 0 Å². The molecule has 0 fully saturated rings. The van der Waals surface area contributed by atoms with Crippen molar-refractivity contribution in [2.24, 2.45) is 0 Å². The van der Waals surface area contributed by atoms with E-state index in [9.17, 15) is 4.79 Å². The molecule has 1 atom stereocenters. The van der Waals surface area contributed by atoms with E-state index in [2.05, 4.69) is 13.0 Å². The van der Waals surface area contributed by atoms with Crippen LogP contribution in [0.25, 0.3) is 6.08 Å². The van der Waals surface area contributed by atoms with Gasteiger partial charge in [0.2, 0.25) is 0 Å². The van der Waals surface area contributed by atoms with E-state index in [0.717, 1.165) is 18.7 Å². The quantitative estimate of drug-likeness (QED) is 0.779. The summed E-state index contributed by atoms with van der Waals surface area (Å²) >= 11 is 1.83. The van der Waals surface area contributed by atoms with E-state index in [1.807, 2.05) is 47.0 Å². The molecule has 21 heavy (non-hydrogen) atoms. The molecule has 0 saturated heterocycles. The van der Waals surface area contributed by atoms with E-state index >= 15 is 0 Å². The number of para-hydroxylation sites is 1. The zero-order valence-corrected chi connectivity index (χ0v) is 12.7. The fourth-order valence-corrected chi connectivity index (χ4v) is 3.46. The maximum atomic E-state index is 12.5. The summed E-state index contributed by atoms with van der Waals surface area (Å²) in [4.78, 5) is 15.5. The Labute approximate surface area is 128 Å². The first-order chi connectivity index (χ1) is 10.2. The van der Waals surface area contributed by atoms with Gasteiger partial charge in [-0.1, -0.05) is 19.1 Å². The molecule has 1 unspecified atom stereocenters. The second kappa shape index (κ2) is 6.22. The fourth-order valence-electron chi connectivity index (χ4n) is 2.35. The van der Waals surface area contributed by atoms with Gasteiger partial charge in [0.05, 0.1) is 12.0 Å². The van der Waals surface area contributed by atoms with E-state index in [1.54, 1.807) is 18.4 Å². The second-order valence-electron chi connectivity index (χ2n) is 5.02. The van der Waals surface area contributed by atoms with Gasteiger partial charge >= 0.3 is 0 Å². The third-order valence-corrected chi connectivity index (χ3v) is 4.68. The van der Waals surface area contributed by atoms with Crippen LogP contribution in [0.4, 0.5) is 5.69 Å². The maximum absolute atomic E-state index is 12.5. The van der Waals surface area contributed by atoms with Gasteiger partial charge in [-0.05, 0) is 36.8 Å². The molecule has 0 bridgehead atoms. The number of rotatable bonds is 2. The molecule has 108 valence electrons. The number of carbonyl (C=O) groups excluding carboxylic acids is 1. The molecule has 1 aliphatic rings. The largest absolute Gasteiger partial charge is 0.465 e. The summed E-state index contributed by atoms with van der Waals surface area (Å²) < 4.78 is 5.22. The molecule has 2 heterocycles. The summed E-state index contributed by atoms with van der Waals surface area (Å²) in [5.74, 6) is 0.683. The van der Waals surface area contributed by atoms with Gasteiger partial charge in [0, 0.05) is 22.8 Å². The predicted octanol–water partition coefficient (Wildman–Crippen LogP) is 4.21. The Morgan fingerprint density at radius 2 is 2.19 bits per heavy atom. The minimum atomic E-state index is -0.00597. The molecule has 0 aliphatic carbocycles. The number of nitrogens with zero attached hydrogens (tertiary/aromatic N) is 1. The van der Waals surface area contributed by atoms with Crippen molar-refractivity contribution in [3.05, 3.63) is 54.5 Å². The highest BCUT2D eigenvalue weighted by molar-refractivity contribution is 8.00. The van der Waals surface area contributed by atoms with Gasteiger partial charge in [0.25, 0.3) is 5.91 Å².